The van der Waals surface area contributed by atoms with Crippen LogP contribution >= 0.6 is 11.8 Å². The smallest absolute Gasteiger partial charge is 0.330 e. The van der Waals surface area contributed by atoms with Gasteiger partial charge in [0.2, 0.25) is 5.91 Å². The van der Waals surface area contributed by atoms with Gasteiger partial charge in [0.1, 0.15) is 11.3 Å². The number of aryl methyl sites for hydroxylation is 1. The Morgan fingerprint density at radius 3 is 2.62 bits per heavy atom. The van der Waals surface area contributed by atoms with E-state index in [0.717, 1.165) is 17.1 Å². The Kier molecular flexibility index (Phi) is 5.12. The molecule has 2 N–H and O–H groups in total. The number of carbonyl (C=O) groups is 2. The van der Waals surface area contributed by atoms with Crippen molar-refractivity contribution >= 4 is 23.6 Å². The van der Waals surface area contributed by atoms with Crippen molar-refractivity contribution in [2.24, 2.45) is 0 Å². The summed E-state index contributed by atoms with van der Waals surface area (Å²) in [7, 11) is 1.60. The van der Waals surface area contributed by atoms with Gasteiger partial charge < -0.3 is 15.2 Å². The zero-order valence-corrected chi connectivity index (χ0v) is 12.7. The highest BCUT2D eigenvalue weighted by atomic mass is 32.2. The molecule has 0 radical (unpaired) electrons. The summed E-state index contributed by atoms with van der Waals surface area (Å²) >= 11 is 1.56. The van der Waals surface area contributed by atoms with Gasteiger partial charge in [-0.05, 0) is 36.3 Å². The molecule has 1 aliphatic rings. The third-order valence-electron chi connectivity index (χ3n) is 3.61. The number of carboxylic acid groups (broad SMARTS) is 1. The Labute approximate surface area is 128 Å². The van der Waals surface area contributed by atoms with Crippen LogP contribution in [0.25, 0.3) is 0 Å². The number of ether oxygens (including phenoxy) is 1. The summed E-state index contributed by atoms with van der Waals surface area (Å²) in [6.07, 6.45) is 1.35. The van der Waals surface area contributed by atoms with Crippen molar-refractivity contribution in [2.45, 2.75) is 24.8 Å². The van der Waals surface area contributed by atoms with E-state index in [0.29, 0.717) is 18.6 Å². The summed E-state index contributed by atoms with van der Waals surface area (Å²) in [5, 5.41) is 12.0. The number of aliphatic carboxylic acids is 1. The molecule has 1 aliphatic heterocycles. The summed E-state index contributed by atoms with van der Waals surface area (Å²) in [5.41, 5.74) is -0.0575. The van der Waals surface area contributed by atoms with Gasteiger partial charge in [-0.1, -0.05) is 12.1 Å². The molecule has 0 aliphatic carbocycles. The molecule has 1 fully saturated rings. The average Bonchev–Trinajstić information content (AvgIpc) is 2.95. The number of nitrogens with one attached hydrogen (secondary N) is 1. The van der Waals surface area contributed by atoms with E-state index in [1.165, 1.54) is 0 Å². The van der Waals surface area contributed by atoms with Crippen molar-refractivity contribution in [3.05, 3.63) is 29.8 Å². The summed E-state index contributed by atoms with van der Waals surface area (Å²) in [5.74, 6) is 0.832. The number of amides is 1. The van der Waals surface area contributed by atoms with E-state index in [4.69, 9.17) is 4.74 Å². The molecular weight excluding hydrogens is 290 g/mol. The Bertz CT molecular complexity index is 509. The lowest BCUT2D eigenvalue weighted by Crippen LogP contribution is -2.54. The molecule has 1 heterocycles. The fraction of sp³-hybridized carbons (Fsp3) is 0.467. The molecule has 0 spiro atoms. The lowest BCUT2D eigenvalue weighted by atomic mass is 9.98. The van der Waals surface area contributed by atoms with Crippen molar-refractivity contribution in [1.82, 2.24) is 5.32 Å². The lowest BCUT2D eigenvalue weighted by molar-refractivity contribution is -0.146. The van der Waals surface area contributed by atoms with Gasteiger partial charge in [-0.15, -0.1) is 0 Å². The van der Waals surface area contributed by atoms with Gasteiger partial charge in [0.05, 0.1) is 7.11 Å². The Balaban J connectivity index is 1.87. The van der Waals surface area contributed by atoms with Gasteiger partial charge in [0.15, 0.2) is 0 Å². The van der Waals surface area contributed by atoms with Crippen LogP contribution in [0.4, 0.5) is 0 Å². The quantitative estimate of drug-likeness (QED) is 0.836. The van der Waals surface area contributed by atoms with Crippen LogP contribution < -0.4 is 10.1 Å². The minimum atomic E-state index is -1.08. The second kappa shape index (κ2) is 6.85. The van der Waals surface area contributed by atoms with E-state index in [9.17, 15) is 14.7 Å². The molecule has 114 valence electrons. The molecule has 1 aromatic rings. The molecule has 5 nitrogen and oxygen atoms in total. The average molecular weight is 309 g/mol. The first kappa shape index (κ1) is 15.7. The van der Waals surface area contributed by atoms with Crippen LogP contribution in [0.1, 0.15) is 18.4 Å². The summed E-state index contributed by atoms with van der Waals surface area (Å²) in [6, 6.07) is 7.51. The molecule has 1 atom stereocenters. The van der Waals surface area contributed by atoms with Crippen LogP contribution in [0.3, 0.4) is 0 Å². The van der Waals surface area contributed by atoms with Gasteiger partial charge in [-0.2, -0.15) is 11.8 Å². The number of benzene rings is 1. The van der Waals surface area contributed by atoms with E-state index in [1.54, 1.807) is 18.9 Å². The molecule has 1 amide bonds. The van der Waals surface area contributed by atoms with Crippen LogP contribution in [-0.2, 0) is 16.0 Å². The maximum absolute atomic E-state index is 12.0. The highest BCUT2D eigenvalue weighted by molar-refractivity contribution is 7.99. The lowest BCUT2D eigenvalue weighted by Gasteiger charge is -2.24. The van der Waals surface area contributed by atoms with Gasteiger partial charge in [0, 0.05) is 12.2 Å². The highest BCUT2D eigenvalue weighted by Crippen LogP contribution is 2.28. The van der Waals surface area contributed by atoms with Crippen molar-refractivity contribution in [1.29, 1.82) is 0 Å². The van der Waals surface area contributed by atoms with E-state index < -0.39 is 11.5 Å². The van der Waals surface area contributed by atoms with Crippen LogP contribution in [0, 0.1) is 0 Å². The molecule has 6 heteroatoms. The first-order chi connectivity index (χ1) is 10.1. The minimum absolute atomic E-state index is 0.212. The maximum atomic E-state index is 12.0. The van der Waals surface area contributed by atoms with E-state index in [-0.39, 0.29) is 12.3 Å². The minimum Gasteiger partial charge on any atom is -0.497 e. The van der Waals surface area contributed by atoms with Gasteiger partial charge in [0.25, 0.3) is 0 Å². The maximum Gasteiger partial charge on any atom is 0.330 e. The van der Waals surface area contributed by atoms with Crippen LogP contribution in [0.5, 0.6) is 5.75 Å². The van der Waals surface area contributed by atoms with E-state index in [1.807, 2.05) is 24.3 Å². The third kappa shape index (κ3) is 3.91. The van der Waals surface area contributed by atoms with Crippen molar-refractivity contribution in [3.63, 3.8) is 0 Å². The molecule has 21 heavy (non-hydrogen) atoms. The highest BCUT2D eigenvalue weighted by Gasteiger charge is 2.43. The van der Waals surface area contributed by atoms with Gasteiger partial charge in [-0.25, -0.2) is 4.79 Å². The van der Waals surface area contributed by atoms with Crippen LogP contribution in [-0.4, -0.2) is 41.1 Å². The summed E-state index contributed by atoms with van der Waals surface area (Å²) in [6.45, 7) is 0. The number of carboxylic acids is 1. The molecule has 0 aromatic heterocycles. The topological polar surface area (TPSA) is 75.6 Å². The van der Waals surface area contributed by atoms with Crippen LogP contribution in [0.2, 0.25) is 0 Å². The second-order valence-electron chi connectivity index (χ2n) is 5.09. The number of hydrogen-bond donors (Lipinski definition) is 2. The van der Waals surface area contributed by atoms with Gasteiger partial charge >= 0.3 is 5.97 Å². The number of hydrogen-bond acceptors (Lipinski definition) is 4. The number of carbonyl (C=O) groups excluding carboxylic acids is 1. The normalized spacial score (nSPS) is 21.0. The molecule has 2 rings (SSSR count). The second-order valence-corrected chi connectivity index (χ2v) is 6.19. The van der Waals surface area contributed by atoms with Crippen molar-refractivity contribution in [2.75, 3.05) is 18.6 Å². The monoisotopic (exact) mass is 309 g/mol. The number of rotatable bonds is 6. The Hall–Kier alpha value is -1.69. The van der Waals surface area contributed by atoms with Crippen molar-refractivity contribution < 1.29 is 19.4 Å². The predicted octanol–water partition coefficient (Wildman–Crippen LogP) is 1.70. The SMILES string of the molecule is COc1ccc(CCC(=O)N[C@]2(C(=O)O)CCSC2)cc1. The fourth-order valence-electron chi connectivity index (χ4n) is 2.27. The number of methoxy groups -OCH3 is 1. The molecule has 1 aromatic carbocycles. The Morgan fingerprint density at radius 1 is 1.38 bits per heavy atom. The summed E-state index contributed by atoms with van der Waals surface area (Å²) in [4.78, 5) is 23.4. The molecule has 0 bridgehead atoms. The Morgan fingerprint density at radius 2 is 2.10 bits per heavy atom. The first-order valence-corrected chi connectivity index (χ1v) is 7.96. The summed E-state index contributed by atoms with van der Waals surface area (Å²) < 4.78 is 5.08. The van der Waals surface area contributed by atoms with E-state index in [2.05, 4.69) is 5.32 Å². The fourth-order valence-corrected chi connectivity index (χ4v) is 3.59. The molecule has 0 saturated carbocycles. The van der Waals surface area contributed by atoms with E-state index >= 15 is 0 Å². The first-order valence-electron chi connectivity index (χ1n) is 6.81. The predicted molar refractivity (Wildman–Crippen MR) is 81.8 cm³/mol. The molecular formula is C15H19NO4S. The molecule has 1 saturated heterocycles. The van der Waals surface area contributed by atoms with Gasteiger partial charge in [-0.3, -0.25) is 4.79 Å². The third-order valence-corrected chi connectivity index (χ3v) is 4.80. The zero-order chi connectivity index (χ0) is 15.3. The largest absolute Gasteiger partial charge is 0.497 e. The molecule has 0 unspecified atom stereocenters. The van der Waals surface area contributed by atoms with Crippen molar-refractivity contribution in [3.8, 4) is 5.75 Å². The zero-order valence-electron chi connectivity index (χ0n) is 11.9. The number of thioether (sulfide) groups is 1. The van der Waals surface area contributed by atoms with Crippen LogP contribution in [0.15, 0.2) is 24.3 Å². The standard InChI is InChI=1S/C15H19NO4S/c1-20-12-5-2-11(3-6-12)4-7-13(17)16-15(14(18)19)8-9-21-10-15/h2-3,5-6H,4,7-10H2,1H3,(H,16,17)(H,18,19)/t15-/m1/s1.